The Labute approximate surface area is 120 Å². The van der Waals surface area contributed by atoms with E-state index in [1.807, 2.05) is 25.1 Å². The van der Waals surface area contributed by atoms with Crippen molar-refractivity contribution in [3.63, 3.8) is 0 Å². The molecule has 19 heavy (non-hydrogen) atoms. The van der Waals surface area contributed by atoms with Crippen LogP contribution in [0.5, 0.6) is 0 Å². The minimum Gasteiger partial charge on any atom is -0.352 e. The summed E-state index contributed by atoms with van der Waals surface area (Å²) in [6.45, 7) is 2.60. The van der Waals surface area contributed by atoms with E-state index in [1.54, 1.807) is 0 Å². The van der Waals surface area contributed by atoms with E-state index in [0.717, 1.165) is 28.7 Å². The van der Waals surface area contributed by atoms with Crippen molar-refractivity contribution in [3.8, 4) is 0 Å². The predicted octanol–water partition coefficient (Wildman–Crippen LogP) is 2.24. The number of aromatic amines is 1. The zero-order chi connectivity index (χ0) is 13.7. The molecule has 1 aromatic heterocycles. The van der Waals surface area contributed by atoms with E-state index in [-0.39, 0.29) is 5.91 Å². The van der Waals surface area contributed by atoms with Crippen LogP contribution in [0.4, 0.5) is 0 Å². The average molecular weight is 323 g/mol. The molecule has 0 saturated heterocycles. The van der Waals surface area contributed by atoms with E-state index in [9.17, 15) is 4.79 Å². The number of hydrogen-bond donors (Lipinski definition) is 2. The first kappa shape index (κ1) is 13.7. The normalized spacial score (nSPS) is 10.4. The molecule has 100 valence electrons. The topological polar surface area (TPSA) is 70.7 Å². The first-order valence-corrected chi connectivity index (χ1v) is 6.84. The van der Waals surface area contributed by atoms with E-state index in [4.69, 9.17) is 0 Å². The first-order chi connectivity index (χ1) is 9.16. The fourth-order valence-electron chi connectivity index (χ4n) is 1.71. The lowest BCUT2D eigenvalue weighted by atomic mass is 10.1. The monoisotopic (exact) mass is 322 g/mol. The Morgan fingerprint density at radius 2 is 2.32 bits per heavy atom. The van der Waals surface area contributed by atoms with Crippen LogP contribution in [0.1, 0.15) is 28.2 Å². The van der Waals surface area contributed by atoms with E-state index in [0.29, 0.717) is 12.1 Å². The van der Waals surface area contributed by atoms with Gasteiger partial charge in [-0.05, 0) is 47.0 Å². The number of nitrogens with zero attached hydrogens (tertiary/aromatic N) is 2. The summed E-state index contributed by atoms with van der Waals surface area (Å²) in [6, 6.07) is 5.68. The molecular formula is C13H15BrN4O. The maximum absolute atomic E-state index is 12.0. The van der Waals surface area contributed by atoms with Crippen molar-refractivity contribution in [1.82, 2.24) is 20.5 Å². The van der Waals surface area contributed by atoms with Crippen LogP contribution in [0.2, 0.25) is 0 Å². The quantitative estimate of drug-likeness (QED) is 0.829. The molecule has 2 N–H and O–H groups in total. The van der Waals surface area contributed by atoms with Crippen LogP contribution in [-0.2, 0) is 6.42 Å². The number of halogens is 1. The molecule has 1 heterocycles. The van der Waals surface area contributed by atoms with Gasteiger partial charge in [-0.1, -0.05) is 6.07 Å². The number of carbonyl (C=O) groups is 1. The van der Waals surface area contributed by atoms with Crippen LogP contribution in [-0.4, -0.2) is 27.6 Å². The third-order valence-corrected chi connectivity index (χ3v) is 3.37. The van der Waals surface area contributed by atoms with Crippen LogP contribution < -0.4 is 5.32 Å². The summed E-state index contributed by atoms with van der Waals surface area (Å²) in [5.41, 5.74) is 1.78. The predicted molar refractivity (Wildman–Crippen MR) is 75.9 cm³/mol. The number of aryl methyl sites for hydroxylation is 2. The van der Waals surface area contributed by atoms with Crippen molar-refractivity contribution in [1.29, 1.82) is 0 Å². The summed E-state index contributed by atoms with van der Waals surface area (Å²) in [4.78, 5) is 16.0. The minimum atomic E-state index is -0.0653. The summed E-state index contributed by atoms with van der Waals surface area (Å²) >= 11 is 3.40. The lowest BCUT2D eigenvalue weighted by Gasteiger charge is -2.07. The number of benzene rings is 1. The molecule has 0 aliphatic heterocycles. The highest BCUT2D eigenvalue weighted by atomic mass is 79.9. The van der Waals surface area contributed by atoms with Gasteiger partial charge in [-0.15, -0.1) is 0 Å². The fraction of sp³-hybridized carbons (Fsp3) is 0.308. The molecule has 2 rings (SSSR count). The number of rotatable bonds is 5. The van der Waals surface area contributed by atoms with Crippen molar-refractivity contribution in [2.75, 3.05) is 6.54 Å². The fourth-order valence-corrected chi connectivity index (χ4v) is 2.38. The van der Waals surface area contributed by atoms with E-state index in [1.165, 1.54) is 6.33 Å². The zero-order valence-corrected chi connectivity index (χ0v) is 12.2. The second-order valence-electron chi connectivity index (χ2n) is 4.27. The highest BCUT2D eigenvalue weighted by Crippen LogP contribution is 2.18. The Morgan fingerprint density at radius 3 is 3.00 bits per heavy atom. The standard InChI is InChI=1S/C13H15BrN4O/c1-9-4-5-10(11(14)7-9)13(19)15-6-2-3-12-16-8-17-18-12/h4-5,7-8H,2-3,6H2,1H3,(H,15,19)(H,16,17,18). The molecule has 0 unspecified atom stereocenters. The molecule has 6 heteroatoms. The summed E-state index contributed by atoms with van der Waals surface area (Å²) in [5.74, 6) is 0.773. The Bertz CT molecular complexity index is 554. The first-order valence-electron chi connectivity index (χ1n) is 6.05. The maximum atomic E-state index is 12.0. The molecule has 1 amide bonds. The highest BCUT2D eigenvalue weighted by molar-refractivity contribution is 9.10. The maximum Gasteiger partial charge on any atom is 0.252 e. The Morgan fingerprint density at radius 1 is 1.47 bits per heavy atom. The van der Waals surface area contributed by atoms with Crippen LogP contribution in [0.3, 0.4) is 0 Å². The molecule has 0 radical (unpaired) electrons. The number of carbonyl (C=O) groups excluding carboxylic acids is 1. The van der Waals surface area contributed by atoms with Gasteiger partial charge in [-0.3, -0.25) is 9.89 Å². The molecule has 0 fully saturated rings. The number of H-pyrrole nitrogens is 1. The molecular weight excluding hydrogens is 308 g/mol. The third kappa shape index (κ3) is 3.89. The Kier molecular flexibility index (Phi) is 4.68. The van der Waals surface area contributed by atoms with Crippen molar-refractivity contribution in [2.45, 2.75) is 19.8 Å². The highest BCUT2D eigenvalue weighted by Gasteiger charge is 2.09. The van der Waals surface area contributed by atoms with Crippen LogP contribution in [0, 0.1) is 6.92 Å². The SMILES string of the molecule is Cc1ccc(C(=O)NCCCc2ncn[nH]2)c(Br)c1. The minimum absolute atomic E-state index is 0.0653. The van der Waals surface area contributed by atoms with Gasteiger partial charge in [0, 0.05) is 17.4 Å². The third-order valence-electron chi connectivity index (χ3n) is 2.71. The molecule has 1 aromatic carbocycles. The van der Waals surface area contributed by atoms with Gasteiger partial charge < -0.3 is 5.32 Å². The Hall–Kier alpha value is -1.69. The Balaban J connectivity index is 1.81. The van der Waals surface area contributed by atoms with E-state index >= 15 is 0 Å². The molecule has 0 bridgehead atoms. The summed E-state index contributed by atoms with van der Waals surface area (Å²) in [5, 5.41) is 9.46. The summed E-state index contributed by atoms with van der Waals surface area (Å²) in [6.07, 6.45) is 3.08. The van der Waals surface area contributed by atoms with Gasteiger partial charge in [0.15, 0.2) is 0 Å². The summed E-state index contributed by atoms with van der Waals surface area (Å²) < 4.78 is 0.820. The van der Waals surface area contributed by atoms with Crippen LogP contribution in [0.15, 0.2) is 29.0 Å². The lowest BCUT2D eigenvalue weighted by molar-refractivity contribution is 0.0952. The second kappa shape index (κ2) is 6.47. The zero-order valence-electron chi connectivity index (χ0n) is 10.6. The van der Waals surface area contributed by atoms with Gasteiger partial charge >= 0.3 is 0 Å². The molecule has 0 aliphatic rings. The second-order valence-corrected chi connectivity index (χ2v) is 5.13. The molecule has 2 aromatic rings. The molecule has 0 aliphatic carbocycles. The number of hydrogen-bond acceptors (Lipinski definition) is 3. The number of amides is 1. The summed E-state index contributed by atoms with van der Waals surface area (Å²) in [7, 11) is 0. The molecule has 5 nitrogen and oxygen atoms in total. The molecule has 0 spiro atoms. The van der Waals surface area contributed by atoms with Crippen LogP contribution >= 0.6 is 15.9 Å². The van der Waals surface area contributed by atoms with Crippen molar-refractivity contribution >= 4 is 21.8 Å². The van der Waals surface area contributed by atoms with E-state index in [2.05, 4.69) is 36.4 Å². The lowest BCUT2D eigenvalue weighted by Crippen LogP contribution is -2.25. The van der Waals surface area contributed by atoms with E-state index < -0.39 is 0 Å². The van der Waals surface area contributed by atoms with Crippen molar-refractivity contribution in [3.05, 3.63) is 46.0 Å². The number of nitrogens with one attached hydrogen (secondary N) is 2. The molecule has 0 atom stereocenters. The van der Waals surface area contributed by atoms with Gasteiger partial charge in [0.25, 0.3) is 5.91 Å². The van der Waals surface area contributed by atoms with Gasteiger partial charge in [0.1, 0.15) is 12.2 Å². The average Bonchev–Trinajstić information content (AvgIpc) is 2.87. The van der Waals surface area contributed by atoms with Gasteiger partial charge in [0.2, 0.25) is 0 Å². The number of aromatic nitrogens is 3. The van der Waals surface area contributed by atoms with Gasteiger partial charge in [0.05, 0.1) is 5.56 Å². The largest absolute Gasteiger partial charge is 0.352 e. The van der Waals surface area contributed by atoms with Gasteiger partial charge in [-0.2, -0.15) is 5.10 Å². The molecule has 0 saturated carbocycles. The van der Waals surface area contributed by atoms with Crippen molar-refractivity contribution in [2.24, 2.45) is 0 Å². The van der Waals surface area contributed by atoms with Gasteiger partial charge in [-0.25, -0.2) is 4.98 Å². The van der Waals surface area contributed by atoms with Crippen LogP contribution in [0.25, 0.3) is 0 Å². The van der Waals surface area contributed by atoms with Crippen molar-refractivity contribution < 1.29 is 4.79 Å². The smallest absolute Gasteiger partial charge is 0.252 e.